The number of imide groups is 1. The lowest BCUT2D eigenvalue weighted by atomic mass is 9.83. The van der Waals surface area contributed by atoms with Crippen molar-refractivity contribution in [1.29, 1.82) is 0 Å². The summed E-state index contributed by atoms with van der Waals surface area (Å²) in [5.74, 6) is -3.07. The molecule has 1 saturated heterocycles. The molecule has 1 atom stereocenters. The van der Waals surface area contributed by atoms with Crippen LogP contribution in [0.3, 0.4) is 0 Å². The number of rotatable bonds is 6. The van der Waals surface area contributed by atoms with Crippen molar-refractivity contribution in [3.63, 3.8) is 0 Å². The van der Waals surface area contributed by atoms with Crippen LogP contribution >= 0.6 is 0 Å². The number of nitrogens with one attached hydrogen (secondary N) is 2. The number of urea groups is 1. The minimum absolute atomic E-state index is 0.113. The summed E-state index contributed by atoms with van der Waals surface area (Å²) < 4.78 is 26.8. The van der Waals surface area contributed by atoms with Gasteiger partial charge in [0.2, 0.25) is 5.91 Å². The number of amides is 4. The van der Waals surface area contributed by atoms with Crippen molar-refractivity contribution in [2.75, 3.05) is 11.9 Å². The molecule has 3 aromatic carbocycles. The molecule has 0 saturated carbocycles. The molecular formula is C24H19F2N3O3. The van der Waals surface area contributed by atoms with Gasteiger partial charge in [0.15, 0.2) is 5.54 Å². The SMILES string of the molecule is O=C(CN1C(=O)NC(Cc2ccccc2)(c2ccccc2)C1=O)Nc1cc(F)cc(F)c1. The van der Waals surface area contributed by atoms with Crippen LogP contribution in [-0.4, -0.2) is 29.3 Å². The van der Waals surface area contributed by atoms with E-state index in [1.807, 2.05) is 30.3 Å². The average molecular weight is 435 g/mol. The minimum atomic E-state index is -1.38. The van der Waals surface area contributed by atoms with E-state index in [-0.39, 0.29) is 12.1 Å². The van der Waals surface area contributed by atoms with Crippen molar-refractivity contribution >= 4 is 23.5 Å². The Balaban J connectivity index is 1.60. The van der Waals surface area contributed by atoms with Gasteiger partial charge in [-0.25, -0.2) is 13.6 Å². The number of hydrogen-bond donors (Lipinski definition) is 2. The third kappa shape index (κ3) is 4.20. The summed E-state index contributed by atoms with van der Waals surface area (Å²) in [5.41, 5.74) is -0.0905. The smallest absolute Gasteiger partial charge is 0.324 e. The van der Waals surface area contributed by atoms with Gasteiger partial charge >= 0.3 is 6.03 Å². The molecule has 1 fully saturated rings. The van der Waals surface area contributed by atoms with Crippen LogP contribution in [0.15, 0.2) is 78.9 Å². The molecule has 0 bridgehead atoms. The van der Waals surface area contributed by atoms with Crippen LogP contribution in [-0.2, 0) is 21.5 Å². The number of nitrogens with zero attached hydrogens (tertiary/aromatic N) is 1. The van der Waals surface area contributed by atoms with Crippen LogP contribution in [0.1, 0.15) is 11.1 Å². The molecule has 0 aromatic heterocycles. The van der Waals surface area contributed by atoms with E-state index in [1.54, 1.807) is 30.3 Å². The first-order valence-corrected chi connectivity index (χ1v) is 9.87. The van der Waals surface area contributed by atoms with Gasteiger partial charge in [0.1, 0.15) is 18.2 Å². The van der Waals surface area contributed by atoms with Gasteiger partial charge in [0.05, 0.1) is 0 Å². The fraction of sp³-hybridized carbons (Fsp3) is 0.125. The molecule has 4 rings (SSSR count). The van der Waals surface area contributed by atoms with Crippen LogP contribution in [0.4, 0.5) is 19.3 Å². The zero-order valence-corrected chi connectivity index (χ0v) is 16.8. The molecule has 32 heavy (non-hydrogen) atoms. The highest BCUT2D eigenvalue weighted by Gasteiger charge is 2.52. The van der Waals surface area contributed by atoms with Crippen molar-refractivity contribution in [2.45, 2.75) is 12.0 Å². The summed E-state index contributed by atoms with van der Waals surface area (Å²) >= 11 is 0. The van der Waals surface area contributed by atoms with Gasteiger partial charge in [-0.2, -0.15) is 0 Å². The molecule has 0 radical (unpaired) electrons. The van der Waals surface area contributed by atoms with Crippen LogP contribution in [0, 0.1) is 11.6 Å². The number of benzene rings is 3. The van der Waals surface area contributed by atoms with E-state index in [4.69, 9.17) is 0 Å². The number of carbonyl (C=O) groups excluding carboxylic acids is 3. The first kappa shape index (κ1) is 21.2. The van der Waals surface area contributed by atoms with E-state index < -0.39 is 41.6 Å². The Morgan fingerprint density at radius 1 is 0.906 bits per heavy atom. The van der Waals surface area contributed by atoms with Crippen molar-refractivity contribution < 1.29 is 23.2 Å². The molecule has 1 aliphatic heterocycles. The van der Waals surface area contributed by atoms with E-state index in [0.717, 1.165) is 22.6 Å². The molecule has 1 aliphatic rings. The van der Waals surface area contributed by atoms with Crippen LogP contribution in [0.25, 0.3) is 0 Å². The normalized spacial score (nSPS) is 17.9. The number of hydrogen-bond acceptors (Lipinski definition) is 3. The highest BCUT2D eigenvalue weighted by molar-refractivity contribution is 6.10. The van der Waals surface area contributed by atoms with E-state index in [9.17, 15) is 23.2 Å². The largest absolute Gasteiger partial charge is 0.325 e. The molecule has 8 heteroatoms. The molecule has 0 spiro atoms. The van der Waals surface area contributed by atoms with Gasteiger partial charge < -0.3 is 10.6 Å². The summed E-state index contributed by atoms with van der Waals surface area (Å²) in [6.45, 7) is -0.605. The molecule has 6 nitrogen and oxygen atoms in total. The highest BCUT2D eigenvalue weighted by atomic mass is 19.1. The van der Waals surface area contributed by atoms with Crippen LogP contribution < -0.4 is 10.6 Å². The summed E-state index contributed by atoms with van der Waals surface area (Å²) in [7, 11) is 0. The quantitative estimate of drug-likeness (QED) is 0.581. The predicted molar refractivity (Wildman–Crippen MR) is 113 cm³/mol. The molecule has 2 N–H and O–H groups in total. The van der Waals surface area contributed by atoms with Crippen LogP contribution in [0.2, 0.25) is 0 Å². The van der Waals surface area contributed by atoms with Crippen molar-refractivity contribution in [2.24, 2.45) is 0 Å². The van der Waals surface area contributed by atoms with Gasteiger partial charge in [-0.3, -0.25) is 14.5 Å². The third-order valence-electron chi connectivity index (χ3n) is 5.20. The first-order valence-electron chi connectivity index (χ1n) is 9.87. The summed E-state index contributed by atoms with van der Waals surface area (Å²) in [5, 5.41) is 5.07. The average Bonchev–Trinajstić information content (AvgIpc) is 2.99. The number of carbonyl (C=O) groups is 3. The maximum Gasteiger partial charge on any atom is 0.325 e. The standard InChI is InChI=1S/C24H19F2N3O3/c25-18-11-19(26)13-20(12-18)27-21(30)15-29-22(31)24(28-23(29)32,17-9-5-2-6-10-17)14-16-7-3-1-4-8-16/h1-13H,14-15H2,(H,27,30)(H,28,32). The lowest BCUT2D eigenvalue weighted by Crippen LogP contribution is -2.46. The van der Waals surface area contributed by atoms with E-state index in [1.165, 1.54) is 0 Å². The second kappa shape index (κ2) is 8.58. The molecule has 0 aliphatic carbocycles. The Bertz CT molecular complexity index is 1150. The maximum atomic E-state index is 13.5. The summed E-state index contributed by atoms with van der Waals surface area (Å²) in [6, 6.07) is 19.8. The Kier molecular flexibility index (Phi) is 5.68. The molecule has 1 unspecified atom stereocenters. The van der Waals surface area contributed by atoms with E-state index in [0.29, 0.717) is 11.6 Å². The molecule has 1 heterocycles. The van der Waals surface area contributed by atoms with Gasteiger partial charge in [0, 0.05) is 18.2 Å². The van der Waals surface area contributed by atoms with Crippen molar-refractivity contribution in [3.8, 4) is 0 Å². The van der Waals surface area contributed by atoms with E-state index >= 15 is 0 Å². The van der Waals surface area contributed by atoms with Gasteiger partial charge in [0.25, 0.3) is 5.91 Å². The predicted octanol–water partition coefficient (Wildman–Crippen LogP) is 3.59. The van der Waals surface area contributed by atoms with Crippen LogP contribution in [0.5, 0.6) is 0 Å². The Morgan fingerprint density at radius 3 is 2.12 bits per heavy atom. The number of anilines is 1. The summed E-state index contributed by atoms with van der Waals surface area (Å²) in [6.07, 6.45) is 0.190. The molecular weight excluding hydrogens is 416 g/mol. The maximum absolute atomic E-state index is 13.5. The highest BCUT2D eigenvalue weighted by Crippen LogP contribution is 2.33. The first-order chi connectivity index (χ1) is 15.4. The monoisotopic (exact) mass is 435 g/mol. The number of halogens is 2. The van der Waals surface area contributed by atoms with E-state index in [2.05, 4.69) is 10.6 Å². The fourth-order valence-electron chi connectivity index (χ4n) is 3.78. The van der Waals surface area contributed by atoms with Gasteiger partial charge in [-0.15, -0.1) is 0 Å². The minimum Gasteiger partial charge on any atom is -0.324 e. The van der Waals surface area contributed by atoms with Gasteiger partial charge in [-0.05, 0) is 23.3 Å². The summed E-state index contributed by atoms with van der Waals surface area (Å²) in [4.78, 5) is 39.5. The lowest BCUT2D eigenvalue weighted by molar-refractivity contribution is -0.134. The fourth-order valence-corrected chi connectivity index (χ4v) is 3.78. The zero-order valence-electron chi connectivity index (χ0n) is 16.8. The Labute approximate surface area is 182 Å². The third-order valence-corrected chi connectivity index (χ3v) is 5.20. The topological polar surface area (TPSA) is 78.5 Å². The second-order valence-electron chi connectivity index (χ2n) is 7.46. The second-order valence-corrected chi connectivity index (χ2v) is 7.46. The van der Waals surface area contributed by atoms with Crippen molar-refractivity contribution in [3.05, 3.63) is 102 Å². The lowest BCUT2D eigenvalue weighted by Gasteiger charge is -2.27. The molecule has 4 amide bonds. The van der Waals surface area contributed by atoms with Crippen molar-refractivity contribution in [1.82, 2.24) is 10.2 Å². The Hall–Kier alpha value is -4.07. The molecule has 162 valence electrons. The zero-order chi connectivity index (χ0) is 22.7. The Morgan fingerprint density at radius 2 is 1.50 bits per heavy atom. The molecule has 3 aromatic rings. The van der Waals surface area contributed by atoms with Gasteiger partial charge in [-0.1, -0.05) is 60.7 Å².